The zero-order valence-electron chi connectivity index (χ0n) is 11.0. The third-order valence-corrected chi connectivity index (χ3v) is 2.64. The second-order valence-electron chi connectivity index (χ2n) is 4.25. The van der Waals surface area contributed by atoms with Crippen LogP contribution < -0.4 is 0 Å². The van der Waals surface area contributed by atoms with Gasteiger partial charge < -0.3 is 4.90 Å². The Kier molecular flexibility index (Phi) is 3.29. The summed E-state index contributed by atoms with van der Waals surface area (Å²) in [5.74, 6) is -0.153. The van der Waals surface area contributed by atoms with Gasteiger partial charge in [0.25, 0.3) is 5.91 Å². The molecule has 96 valence electrons. The fraction of sp³-hybridized carbons (Fsp3) is 0.231. The minimum Gasteiger partial charge on any atom is -0.343 e. The Balaban J connectivity index is 2.40. The van der Waals surface area contributed by atoms with Crippen LogP contribution in [-0.2, 0) is 7.05 Å². The number of hydrogen-bond acceptors (Lipinski definition) is 3. The van der Waals surface area contributed by atoms with Crippen LogP contribution in [-0.4, -0.2) is 39.7 Å². The maximum atomic E-state index is 11.8. The first-order valence-electron chi connectivity index (χ1n) is 5.62. The predicted molar refractivity (Wildman–Crippen MR) is 70.7 cm³/mol. The van der Waals surface area contributed by atoms with E-state index in [9.17, 15) is 4.79 Å². The van der Waals surface area contributed by atoms with Crippen LogP contribution in [0.1, 0.15) is 10.5 Å². The average molecular weight is 255 g/mol. The topological polar surface area (TPSA) is 55.4 Å². The molecule has 0 unspecified atom stereocenters. The van der Waals surface area contributed by atoms with Crippen LogP contribution in [0.3, 0.4) is 0 Å². The van der Waals surface area contributed by atoms with Crippen LogP contribution in [0.2, 0.25) is 0 Å². The van der Waals surface area contributed by atoms with Crippen molar-refractivity contribution in [1.82, 2.24) is 19.7 Å². The van der Waals surface area contributed by atoms with Crippen LogP contribution >= 0.6 is 0 Å². The molecule has 19 heavy (non-hydrogen) atoms. The molecule has 1 amide bonds. The van der Waals surface area contributed by atoms with Gasteiger partial charge in [0.1, 0.15) is 0 Å². The van der Waals surface area contributed by atoms with Crippen molar-refractivity contribution in [3.8, 4) is 11.4 Å². The maximum Gasteiger partial charge on any atom is 0.273 e. The number of amides is 1. The summed E-state index contributed by atoms with van der Waals surface area (Å²) in [6.07, 6.45) is 1.50. The molecule has 0 radical (unpaired) electrons. The first-order valence-corrected chi connectivity index (χ1v) is 5.62. The van der Waals surface area contributed by atoms with Crippen molar-refractivity contribution in [3.05, 3.63) is 41.5 Å². The van der Waals surface area contributed by atoms with E-state index >= 15 is 0 Å². The van der Waals surface area contributed by atoms with Gasteiger partial charge in [0.05, 0.1) is 18.0 Å². The van der Waals surface area contributed by atoms with E-state index < -0.39 is 0 Å². The van der Waals surface area contributed by atoms with Gasteiger partial charge in [-0.3, -0.25) is 14.5 Å². The highest BCUT2D eigenvalue weighted by molar-refractivity contribution is 5.93. The molecule has 0 bridgehead atoms. The van der Waals surface area contributed by atoms with Crippen LogP contribution in [0.25, 0.3) is 16.2 Å². The number of hydrogen-bond donors (Lipinski definition) is 0. The lowest BCUT2D eigenvalue weighted by atomic mass is 10.2. The Morgan fingerprint density at radius 2 is 2.16 bits per heavy atom. The van der Waals surface area contributed by atoms with Gasteiger partial charge in [-0.05, 0) is 12.1 Å². The fourth-order valence-corrected chi connectivity index (χ4v) is 1.64. The highest BCUT2D eigenvalue weighted by Crippen LogP contribution is 2.20. The van der Waals surface area contributed by atoms with E-state index in [2.05, 4.69) is 14.9 Å². The second kappa shape index (κ2) is 4.90. The lowest BCUT2D eigenvalue weighted by Gasteiger charge is -2.06. The van der Waals surface area contributed by atoms with Gasteiger partial charge in [0, 0.05) is 27.3 Å². The van der Waals surface area contributed by atoms with Crippen molar-refractivity contribution < 1.29 is 4.79 Å². The number of carbonyl (C=O) groups is 1. The van der Waals surface area contributed by atoms with Gasteiger partial charge in [0.2, 0.25) is 5.69 Å². The van der Waals surface area contributed by atoms with E-state index in [1.165, 1.54) is 11.1 Å². The number of rotatable bonds is 2. The van der Waals surface area contributed by atoms with Gasteiger partial charge >= 0.3 is 0 Å². The van der Waals surface area contributed by atoms with Crippen molar-refractivity contribution >= 4 is 11.6 Å². The molecular formula is C13H13N5O. The van der Waals surface area contributed by atoms with Gasteiger partial charge in [0.15, 0.2) is 5.69 Å². The highest BCUT2D eigenvalue weighted by Gasteiger charge is 2.15. The lowest BCUT2D eigenvalue weighted by Crippen LogP contribution is -2.22. The normalized spacial score (nSPS) is 10.0. The summed E-state index contributed by atoms with van der Waals surface area (Å²) in [4.78, 5) is 20.8. The van der Waals surface area contributed by atoms with Crippen molar-refractivity contribution in [1.29, 1.82) is 0 Å². The van der Waals surface area contributed by atoms with E-state index in [1.807, 2.05) is 0 Å². The molecular weight excluding hydrogens is 242 g/mol. The quantitative estimate of drug-likeness (QED) is 0.768. The molecule has 2 aromatic heterocycles. The summed E-state index contributed by atoms with van der Waals surface area (Å²) in [6.45, 7) is 6.89. The second-order valence-corrected chi connectivity index (χ2v) is 4.25. The molecule has 2 rings (SSSR count). The zero-order valence-corrected chi connectivity index (χ0v) is 11.0. The smallest absolute Gasteiger partial charge is 0.273 e. The number of nitrogens with zero attached hydrogens (tertiary/aromatic N) is 5. The molecule has 0 N–H and O–H groups in total. The minimum absolute atomic E-state index is 0.153. The monoisotopic (exact) mass is 255 g/mol. The molecule has 6 heteroatoms. The Bertz CT molecular complexity index is 649. The predicted octanol–water partition coefficient (Wildman–Crippen LogP) is 1.73. The molecule has 0 saturated carbocycles. The van der Waals surface area contributed by atoms with Crippen LogP contribution in [0, 0.1) is 6.57 Å². The molecule has 0 aliphatic heterocycles. The lowest BCUT2D eigenvalue weighted by molar-refractivity contribution is 0.0821. The molecule has 0 aliphatic rings. The summed E-state index contributed by atoms with van der Waals surface area (Å²) < 4.78 is 1.61. The molecule has 6 nitrogen and oxygen atoms in total. The Hall–Kier alpha value is -2.68. The molecule has 2 heterocycles. The van der Waals surface area contributed by atoms with Crippen molar-refractivity contribution in [2.45, 2.75) is 0 Å². The molecule has 0 aliphatic carbocycles. The molecule has 0 saturated heterocycles. The number of pyridine rings is 1. The van der Waals surface area contributed by atoms with E-state index in [-0.39, 0.29) is 5.91 Å². The van der Waals surface area contributed by atoms with Gasteiger partial charge in [-0.15, -0.1) is 0 Å². The Labute approximate surface area is 111 Å². The average Bonchev–Trinajstić information content (AvgIpc) is 2.80. The zero-order chi connectivity index (χ0) is 14.0. The third-order valence-electron chi connectivity index (χ3n) is 2.64. The van der Waals surface area contributed by atoms with E-state index in [1.54, 1.807) is 44.0 Å². The summed E-state index contributed by atoms with van der Waals surface area (Å²) in [5, 5.41) is 4.18. The molecule has 0 spiro atoms. The van der Waals surface area contributed by atoms with E-state index in [0.717, 1.165) is 5.69 Å². The van der Waals surface area contributed by atoms with Gasteiger partial charge in [-0.1, -0.05) is 6.07 Å². The SMILES string of the molecule is [C-]#[N+]c1ccc(-c2cc(C(=O)N(C)C)nn2C)nc1. The summed E-state index contributed by atoms with van der Waals surface area (Å²) >= 11 is 0. The minimum atomic E-state index is -0.153. The number of carbonyl (C=O) groups excluding carboxylic acids is 1. The summed E-state index contributed by atoms with van der Waals surface area (Å²) in [7, 11) is 5.12. The van der Waals surface area contributed by atoms with Gasteiger partial charge in [-0.2, -0.15) is 5.10 Å². The summed E-state index contributed by atoms with van der Waals surface area (Å²) in [6, 6.07) is 5.13. The van der Waals surface area contributed by atoms with Crippen LogP contribution in [0.5, 0.6) is 0 Å². The maximum absolute atomic E-state index is 11.8. The number of aromatic nitrogens is 3. The van der Waals surface area contributed by atoms with Crippen LogP contribution in [0.4, 0.5) is 5.69 Å². The van der Waals surface area contributed by atoms with Crippen LogP contribution in [0.15, 0.2) is 24.4 Å². The van der Waals surface area contributed by atoms with Gasteiger partial charge in [-0.25, -0.2) is 4.85 Å². The standard InChI is InChI=1S/C13H13N5O/c1-14-9-5-6-10(15-8-9)12-7-11(16-18(12)4)13(19)17(2)3/h5-8H,2-4H3. The first-order chi connectivity index (χ1) is 9.02. The molecule has 0 fully saturated rings. The molecule has 2 aromatic rings. The van der Waals surface area contributed by atoms with E-state index in [4.69, 9.17) is 6.57 Å². The first kappa shape index (κ1) is 12.8. The third kappa shape index (κ3) is 2.45. The van der Waals surface area contributed by atoms with Crippen molar-refractivity contribution in [2.75, 3.05) is 14.1 Å². The summed E-state index contributed by atoms with van der Waals surface area (Å²) in [5.41, 5.74) is 2.27. The molecule has 0 atom stereocenters. The number of aryl methyl sites for hydroxylation is 1. The van der Waals surface area contributed by atoms with E-state index in [0.29, 0.717) is 17.1 Å². The molecule has 0 aromatic carbocycles. The van der Waals surface area contributed by atoms with Crippen molar-refractivity contribution in [3.63, 3.8) is 0 Å². The Morgan fingerprint density at radius 3 is 2.68 bits per heavy atom. The Morgan fingerprint density at radius 1 is 1.42 bits per heavy atom. The fourth-order valence-electron chi connectivity index (χ4n) is 1.64. The van der Waals surface area contributed by atoms with Crippen molar-refractivity contribution in [2.24, 2.45) is 7.05 Å². The highest BCUT2D eigenvalue weighted by atomic mass is 16.2. The largest absolute Gasteiger partial charge is 0.343 e.